The van der Waals surface area contributed by atoms with Gasteiger partial charge in [0.25, 0.3) is 0 Å². The Hall–Kier alpha value is -1.02. The molecule has 1 heterocycles. The number of hydrogen-bond acceptors (Lipinski definition) is 2. The minimum atomic E-state index is 0.748. The summed E-state index contributed by atoms with van der Waals surface area (Å²) in [5.74, 6) is 0. The van der Waals surface area contributed by atoms with Gasteiger partial charge in [-0.15, -0.1) is 0 Å². The second-order valence-corrected chi connectivity index (χ2v) is 4.95. The molecule has 0 aromatic heterocycles. The Morgan fingerprint density at radius 1 is 1.35 bits per heavy atom. The van der Waals surface area contributed by atoms with E-state index in [1.807, 2.05) is 0 Å². The van der Waals surface area contributed by atoms with Crippen LogP contribution in [-0.4, -0.2) is 19.6 Å². The third-order valence-corrected chi connectivity index (χ3v) is 3.57. The molecule has 2 N–H and O–H groups in total. The van der Waals surface area contributed by atoms with Crippen molar-refractivity contribution in [3.8, 4) is 0 Å². The number of hydrogen-bond donors (Lipinski definition) is 1. The van der Waals surface area contributed by atoms with E-state index in [1.165, 1.54) is 55.6 Å². The molecule has 1 aliphatic heterocycles. The molecule has 0 amide bonds. The number of nitrogens with two attached hydrogens (primary N) is 1. The van der Waals surface area contributed by atoms with Crippen molar-refractivity contribution in [1.29, 1.82) is 0 Å². The fourth-order valence-electron chi connectivity index (χ4n) is 2.63. The Balaban J connectivity index is 2.14. The van der Waals surface area contributed by atoms with Crippen LogP contribution in [0.5, 0.6) is 0 Å². The van der Waals surface area contributed by atoms with Gasteiger partial charge in [-0.2, -0.15) is 0 Å². The second kappa shape index (κ2) is 6.06. The Morgan fingerprint density at radius 2 is 2.24 bits per heavy atom. The summed E-state index contributed by atoms with van der Waals surface area (Å²) in [6, 6.07) is 6.91. The topological polar surface area (TPSA) is 29.3 Å². The highest BCUT2D eigenvalue weighted by Gasteiger charge is 2.16. The average Bonchev–Trinajstić information content (AvgIpc) is 2.36. The van der Waals surface area contributed by atoms with Gasteiger partial charge in [0.2, 0.25) is 0 Å². The summed E-state index contributed by atoms with van der Waals surface area (Å²) >= 11 is 0. The number of nitrogens with zero attached hydrogens (tertiary/aromatic N) is 1. The smallest absolute Gasteiger partial charge is 0.0398 e. The lowest BCUT2D eigenvalue weighted by molar-refractivity contribution is 0.658. The monoisotopic (exact) mass is 232 g/mol. The minimum Gasteiger partial charge on any atom is -0.371 e. The summed E-state index contributed by atoms with van der Waals surface area (Å²) < 4.78 is 0. The Bertz CT molecular complexity index is 360. The zero-order valence-corrected chi connectivity index (χ0v) is 10.9. The molecule has 0 saturated heterocycles. The first kappa shape index (κ1) is 12.4. The number of benzene rings is 1. The van der Waals surface area contributed by atoms with Crippen LogP contribution >= 0.6 is 0 Å². The zero-order chi connectivity index (χ0) is 12.1. The third-order valence-electron chi connectivity index (χ3n) is 3.57. The molecule has 0 bridgehead atoms. The molecule has 2 rings (SSSR count). The van der Waals surface area contributed by atoms with Crippen LogP contribution < -0.4 is 10.6 Å². The number of rotatable bonds is 5. The first-order chi connectivity index (χ1) is 8.35. The SMILES string of the molecule is CCCCN1CCCc2cc(CCN)ccc21. The lowest BCUT2D eigenvalue weighted by Crippen LogP contribution is -2.30. The largest absolute Gasteiger partial charge is 0.371 e. The number of unbranched alkanes of at least 4 members (excludes halogenated alkanes) is 1. The van der Waals surface area contributed by atoms with Crippen molar-refractivity contribution in [2.75, 3.05) is 24.5 Å². The Kier molecular flexibility index (Phi) is 4.43. The molecule has 2 heteroatoms. The predicted molar refractivity (Wildman–Crippen MR) is 74.6 cm³/mol. The van der Waals surface area contributed by atoms with Crippen LogP contribution in [0.25, 0.3) is 0 Å². The molecule has 1 aliphatic rings. The normalized spacial score (nSPS) is 14.8. The van der Waals surface area contributed by atoms with Gasteiger partial charge >= 0.3 is 0 Å². The van der Waals surface area contributed by atoms with Crippen molar-refractivity contribution < 1.29 is 0 Å². The van der Waals surface area contributed by atoms with E-state index >= 15 is 0 Å². The molecule has 0 saturated carbocycles. The molecule has 0 unspecified atom stereocenters. The van der Waals surface area contributed by atoms with Gasteiger partial charge in [-0.3, -0.25) is 0 Å². The van der Waals surface area contributed by atoms with E-state index in [0.717, 1.165) is 13.0 Å². The van der Waals surface area contributed by atoms with Gasteiger partial charge in [-0.1, -0.05) is 25.5 Å². The van der Waals surface area contributed by atoms with Gasteiger partial charge in [-0.25, -0.2) is 0 Å². The average molecular weight is 232 g/mol. The van der Waals surface area contributed by atoms with Gasteiger partial charge in [-0.05, 0) is 49.4 Å². The van der Waals surface area contributed by atoms with E-state index in [4.69, 9.17) is 5.73 Å². The van der Waals surface area contributed by atoms with Gasteiger partial charge < -0.3 is 10.6 Å². The van der Waals surface area contributed by atoms with Crippen molar-refractivity contribution >= 4 is 5.69 Å². The van der Waals surface area contributed by atoms with Crippen LogP contribution in [0.15, 0.2) is 18.2 Å². The van der Waals surface area contributed by atoms with Crippen molar-refractivity contribution in [3.05, 3.63) is 29.3 Å². The molecule has 94 valence electrons. The molecule has 0 spiro atoms. The lowest BCUT2D eigenvalue weighted by Gasteiger charge is -2.31. The molecule has 0 radical (unpaired) electrons. The van der Waals surface area contributed by atoms with E-state index < -0.39 is 0 Å². The van der Waals surface area contributed by atoms with Crippen molar-refractivity contribution in [3.63, 3.8) is 0 Å². The summed E-state index contributed by atoms with van der Waals surface area (Å²) in [5.41, 5.74) is 10.0. The Morgan fingerprint density at radius 3 is 3.00 bits per heavy atom. The van der Waals surface area contributed by atoms with E-state index in [2.05, 4.69) is 30.0 Å². The predicted octanol–water partition coefficient (Wildman–Crippen LogP) is 2.74. The molecule has 0 aliphatic carbocycles. The maximum Gasteiger partial charge on any atom is 0.0398 e. The standard InChI is InChI=1S/C15H24N2/c1-2-3-10-17-11-4-5-14-12-13(8-9-16)6-7-15(14)17/h6-7,12H,2-5,8-11,16H2,1H3. The zero-order valence-electron chi connectivity index (χ0n) is 10.9. The number of anilines is 1. The van der Waals surface area contributed by atoms with E-state index in [9.17, 15) is 0 Å². The summed E-state index contributed by atoms with van der Waals surface area (Å²) in [7, 11) is 0. The van der Waals surface area contributed by atoms with Gasteiger partial charge in [0.05, 0.1) is 0 Å². The molecule has 17 heavy (non-hydrogen) atoms. The fraction of sp³-hybridized carbons (Fsp3) is 0.600. The van der Waals surface area contributed by atoms with Crippen molar-refractivity contribution in [2.24, 2.45) is 5.73 Å². The molecule has 2 nitrogen and oxygen atoms in total. The first-order valence-electron chi connectivity index (χ1n) is 6.92. The summed E-state index contributed by atoms with van der Waals surface area (Å²) in [6.45, 7) is 5.44. The Labute approximate surface area is 105 Å². The van der Waals surface area contributed by atoms with Crippen LogP contribution in [0.1, 0.15) is 37.3 Å². The minimum absolute atomic E-state index is 0.748. The van der Waals surface area contributed by atoms with Crippen LogP contribution in [0.2, 0.25) is 0 Å². The van der Waals surface area contributed by atoms with E-state index in [-0.39, 0.29) is 0 Å². The molecule has 1 aromatic rings. The molecule has 0 fully saturated rings. The first-order valence-corrected chi connectivity index (χ1v) is 6.92. The fourth-order valence-corrected chi connectivity index (χ4v) is 2.63. The van der Waals surface area contributed by atoms with Gasteiger partial charge in [0.1, 0.15) is 0 Å². The van der Waals surface area contributed by atoms with Crippen LogP contribution in [0.3, 0.4) is 0 Å². The number of fused-ring (bicyclic) bond motifs is 1. The van der Waals surface area contributed by atoms with Gasteiger partial charge in [0, 0.05) is 18.8 Å². The highest BCUT2D eigenvalue weighted by molar-refractivity contribution is 5.56. The molecular weight excluding hydrogens is 208 g/mol. The van der Waals surface area contributed by atoms with Crippen LogP contribution in [-0.2, 0) is 12.8 Å². The van der Waals surface area contributed by atoms with Crippen LogP contribution in [0, 0.1) is 0 Å². The molecule has 0 atom stereocenters. The summed E-state index contributed by atoms with van der Waals surface area (Å²) in [4.78, 5) is 2.55. The quantitative estimate of drug-likeness (QED) is 0.846. The van der Waals surface area contributed by atoms with Crippen LogP contribution in [0.4, 0.5) is 5.69 Å². The number of aryl methyl sites for hydroxylation is 1. The highest BCUT2D eigenvalue weighted by Crippen LogP contribution is 2.28. The summed E-state index contributed by atoms with van der Waals surface area (Å²) in [5, 5.41) is 0. The van der Waals surface area contributed by atoms with Gasteiger partial charge in [0.15, 0.2) is 0 Å². The maximum atomic E-state index is 5.62. The molecular formula is C15H24N2. The van der Waals surface area contributed by atoms with Crippen molar-refractivity contribution in [2.45, 2.75) is 39.0 Å². The highest BCUT2D eigenvalue weighted by atomic mass is 15.1. The maximum absolute atomic E-state index is 5.62. The second-order valence-electron chi connectivity index (χ2n) is 4.95. The molecule has 1 aromatic carbocycles. The van der Waals surface area contributed by atoms with E-state index in [1.54, 1.807) is 0 Å². The third kappa shape index (κ3) is 3.01. The van der Waals surface area contributed by atoms with E-state index in [0.29, 0.717) is 0 Å². The summed E-state index contributed by atoms with van der Waals surface area (Å²) in [6.07, 6.45) is 6.10. The lowest BCUT2D eigenvalue weighted by atomic mass is 9.98. The van der Waals surface area contributed by atoms with Crippen molar-refractivity contribution in [1.82, 2.24) is 0 Å².